The van der Waals surface area contributed by atoms with Gasteiger partial charge in [-0.25, -0.2) is 4.79 Å². The van der Waals surface area contributed by atoms with Crippen molar-refractivity contribution in [2.45, 2.75) is 26.1 Å². The second-order valence-corrected chi connectivity index (χ2v) is 6.43. The van der Waals surface area contributed by atoms with E-state index in [2.05, 4.69) is 0 Å². The smallest absolute Gasteiger partial charge is 0.416 e. The molecule has 2 aromatic carbocycles. The minimum Gasteiger partial charge on any atom is -0.490 e. The molecular weight excluding hydrogens is 395 g/mol. The number of carbonyl (C=O) groups is 1. The molecule has 1 N–H and O–H groups in total. The third-order valence-corrected chi connectivity index (χ3v) is 4.00. The zero-order valence-corrected chi connectivity index (χ0v) is 15.1. The van der Waals surface area contributed by atoms with Crippen LogP contribution in [0.4, 0.5) is 18.9 Å². The Labute approximate surface area is 161 Å². The van der Waals surface area contributed by atoms with Crippen molar-refractivity contribution in [3.8, 4) is 17.1 Å². The molecule has 0 spiro atoms. The molecule has 0 atom stereocenters. The van der Waals surface area contributed by atoms with Crippen LogP contribution in [0.15, 0.2) is 40.8 Å². The van der Waals surface area contributed by atoms with Gasteiger partial charge in [-0.15, -0.1) is 0 Å². The summed E-state index contributed by atoms with van der Waals surface area (Å²) in [7, 11) is 0. The second-order valence-electron chi connectivity index (χ2n) is 6.43. The van der Waals surface area contributed by atoms with Gasteiger partial charge in [-0.1, -0.05) is 12.1 Å². The lowest BCUT2D eigenvalue weighted by molar-refractivity contribution is -0.384. The van der Waals surface area contributed by atoms with Gasteiger partial charge in [0.25, 0.3) is 5.69 Å². The lowest BCUT2D eigenvalue weighted by Gasteiger charge is -2.11. The van der Waals surface area contributed by atoms with E-state index in [-0.39, 0.29) is 39.3 Å². The van der Waals surface area contributed by atoms with E-state index in [1.165, 1.54) is 0 Å². The minimum atomic E-state index is -4.55. The first-order valence-electron chi connectivity index (χ1n) is 8.31. The molecule has 152 valence electrons. The quantitative estimate of drug-likeness (QED) is 0.440. The van der Waals surface area contributed by atoms with Crippen LogP contribution in [0.2, 0.25) is 0 Å². The summed E-state index contributed by atoms with van der Waals surface area (Å²) in [5.74, 6) is -1.71. The van der Waals surface area contributed by atoms with Crippen molar-refractivity contribution >= 4 is 22.6 Å². The van der Waals surface area contributed by atoms with Crippen LogP contribution < -0.4 is 4.74 Å². The van der Waals surface area contributed by atoms with Crippen LogP contribution in [0.5, 0.6) is 5.75 Å². The number of hydrogen-bond acceptors (Lipinski definition) is 5. The molecule has 0 aliphatic rings. The number of rotatable bonds is 5. The Balaban J connectivity index is 2.29. The van der Waals surface area contributed by atoms with Crippen molar-refractivity contribution in [3.05, 3.63) is 57.6 Å². The number of fused-ring (bicyclic) bond motifs is 1. The summed E-state index contributed by atoms with van der Waals surface area (Å²) in [4.78, 5) is 22.4. The number of benzene rings is 2. The Morgan fingerprint density at radius 2 is 1.83 bits per heavy atom. The third-order valence-electron chi connectivity index (χ3n) is 4.00. The second kappa shape index (κ2) is 7.12. The first kappa shape index (κ1) is 20.2. The van der Waals surface area contributed by atoms with E-state index in [4.69, 9.17) is 9.15 Å². The Hall–Kier alpha value is -3.56. The highest BCUT2D eigenvalue weighted by molar-refractivity contribution is 6.10. The lowest BCUT2D eigenvalue weighted by atomic mass is 10.0. The maximum Gasteiger partial charge on any atom is 0.416 e. The predicted octanol–water partition coefficient (Wildman–Crippen LogP) is 5.51. The van der Waals surface area contributed by atoms with Crippen molar-refractivity contribution in [2.24, 2.45) is 0 Å². The zero-order chi connectivity index (χ0) is 21.5. The molecular formula is C19H14F3NO6. The molecule has 0 radical (unpaired) electrons. The summed E-state index contributed by atoms with van der Waals surface area (Å²) >= 11 is 0. The molecule has 29 heavy (non-hydrogen) atoms. The van der Waals surface area contributed by atoms with Crippen LogP contribution in [-0.4, -0.2) is 22.1 Å². The number of hydrogen-bond donors (Lipinski definition) is 1. The summed E-state index contributed by atoms with van der Waals surface area (Å²) in [6.07, 6.45) is -4.98. The highest BCUT2D eigenvalue weighted by Gasteiger charge is 2.31. The van der Waals surface area contributed by atoms with Crippen molar-refractivity contribution in [2.75, 3.05) is 0 Å². The van der Waals surface area contributed by atoms with E-state index in [1.54, 1.807) is 13.8 Å². The number of ether oxygens (including phenoxy) is 1. The largest absolute Gasteiger partial charge is 0.490 e. The van der Waals surface area contributed by atoms with Gasteiger partial charge in [0, 0.05) is 5.56 Å². The maximum absolute atomic E-state index is 12.8. The van der Waals surface area contributed by atoms with E-state index in [9.17, 15) is 33.2 Å². The number of nitro groups is 1. The summed E-state index contributed by atoms with van der Waals surface area (Å²) in [6, 6.07) is 5.86. The molecule has 3 rings (SSSR count). The monoisotopic (exact) mass is 409 g/mol. The summed E-state index contributed by atoms with van der Waals surface area (Å²) in [5.41, 5.74) is -1.69. The highest BCUT2D eigenvalue weighted by Crippen LogP contribution is 2.42. The van der Waals surface area contributed by atoms with Crippen LogP contribution in [0, 0.1) is 10.1 Å². The number of alkyl halides is 3. The molecule has 0 aliphatic heterocycles. The Kier molecular flexibility index (Phi) is 4.95. The van der Waals surface area contributed by atoms with Gasteiger partial charge in [-0.3, -0.25) is 10.1 Å². The summed E-state index contributed by atoms with van der Waals surface area (Å²) in [5, 5.41) is 20.9. The molecule has 10 heteroatoms. The fraction of sp³-hybridized carbons (Fsp3) is 0.211. The van der Waals surface area contributed by atoms with Gasteiger partial charge in [-0.2, -0.15) is 13.2 Å². The van der Waals surface area contributed by atoms with Gasteiger partial charge in [0.05, 0.1) is 34.1 Å². The first-order valence-corrected chi connectivity index (χ1v) is 8.31. The van der Waals surface area contributed by atoms with Crippen LogP contribution >= 0.6 is 0 Å². The first-order chi connectivity index (χ1) is 13.5. The van der Waals surface area contributed by atoms with E-state index in [0.29, 0.717) is 0 Å². The molecule has 1 aromatic heterocycles. The zero-order valence-electron chi connectivity index (χ0n) is 15.1. The van der Waals surface area contributed by atoms with Crippen molar-refractivity contribution < 1.29 is 37.1 Å². The van der Waals surface area contributed by atoms with Crippen LogP contribution in [0.3, 0.4) is 0 Å². The number of halogens is 3. The van der Waals surface area contributed by atoms with Crippen molar-refractivity contribution in [1.82, 2.24) is 0 Å². The van der Waals surface area contributed by atoms with E-state index in [0.717, 1.165) is 36.4 Å². The van der Waals surface area contributed by atoms with Crippen molar-refractivity contribution in [1.29, 1.82) is 0 Å². The number of carboxylic acids is 1. The average molecular weight is 409 g/mol. The van der Waals surface area contributed by atoms with Gasteiger partial charge in [0.2, 0.25) is 0 Å². The number of aromatic carboxylic acids is 1. The van der Waals surface area contributed by atoms with Gasteiger partial charge in [0.1, 0.15) is 22.7 Å². The van der Waals surface area contributed by atoms with Gasteiger partial charge in [-0.05, 0) is 26.0 Å². The number of nitrogens with zero attached hydrogens (tertiary/aromatic N) is 1. The van der Waals surface area contributed by atoms with Gasteiger partial charge in [0.15, 0.2) is 0 Å². The minimum absolute atomic E-state index is 0.00769. The molecule has 0 bridgehead atoms. The molecule has 0 saturated heterocycles. The van der Waals surface area contributed by atoms with E-state index >= 15 is 0 Å². The SMILES string of the molecule is CC(C)Oc1cc([N+](=O)[O-])cc2oc(-c3ccc(C(F)(F)F)cc3)c(C(=O)O)c12. The normalized spacial score (nSPS) is 11.8. The van der Waals surface area contributed by atoms with E-state index in [1.807, 2.05) is 0 Å². The molecule has 0 aliphatic carbocycles. The number of furan rings is 1. The van der Waals surface area contributed by atoms with Crippen LogP contribution in [-0.2, 0) is 6.18 Å². The average Bonchev–Trinajstić information content (AvgIpc) is 3.00. The Morgan fingerprint density at radius 1 is 1.21 bits per heavy atom. The summed E-state index contributed by atoms with van der Waals surface area (Å²) in [6.45, 7) is 3.31. The molecule has 0 fully saturated rings. The molecule has 1 heterocycles. The van der Waals surface area contributed by atoms with Gasteiger partial charge >= 0.3 is 12.1 Å². The molecule has 0 unspecified atom stereocenters. The predicted molar refractivity (Wildman–Crippen MR) is 96.0 cm³/mol. The van der Waals surface area contributed by atoms with Crippen molar-refractivity contribution in [3.63, 3.8) is 0 Å². The Morgan fingerprint density at radius 3 is 2.31 bits per heavy atom. The van der Waals surface area contributed by atoms with Crippen LogP contribution in [0.1, 0.15) is 29.8 Å². The van der Waals surface area contributed by atoms with Gasteiger partial charge < -0.3 is 14.3 Å². The fourth-order valence-corrected chi connectivity index (χ4v) is 2.85. The van der Waals surface area contributed by atoms with Crippen LogP contribution in [0.25, 0.3) is 22.3 Å². The molecule has 3 aromatic rings. The number of nitro benzene ring substituents is 1. The highest BCUT2D eigenvalue weighted by atomic mass is 19.4. The molecule has 0 amide bonds. The van der Waals surface area contributed by atoms with E-state index < -0.39 is 28.7 Å². The standard InChI is InChI=1S/C19H14F3NO6/c1-9(2)28-13-7-12(23(26)27)8-14-15(13)16(18(24)25)17(29-14)10-3-5-11(6-4-10)19(20,21)22/h3-9H,1-2H3,(H,24,25). The molecule has 7 nitrogen and oxygen atoms in total. The third kappa shape index (κ3) is 3.86. The maximum atomic E-state index is 12.8. The molecule has 0 saturated carbocycles. The Bertz CT molecular complexity index is 1100. The topological polar surface area (TPSA) is 103 Å². The lowest BCUT2D eigenvalue weighted by Crippen LogP contribution is -2.07. The number of non-ortho nitro benzene ring substituents is 1. The fourth-order valence-electron chi connectivity index (χ4n) is 2.85. The summed E-state index contributed by atoms with van der Waals surface area (Å²) < 4.78 is 49.5. The number of carboxylic acid groups (broad SMARTS) is 1.